The monoisotopic (exact) mass is 698 g/mol. The second kappa shape index (κ2) is 11.9. The second-order valence-electron chi connectivity index (χ2n) is 14.1. The number of nitrogens with zero attached hydrogens (tertiary/aromatic N) is 2. The molecule has 11 heteroatoms. The lowest BCUT2D eigenvalue weighted by Gasteiger charge is -2.49. The van der Waals surface area contributed by atoms with E-state index in [0.29, 0.717) is 24.5 Å². The van der Waals surface area contributed by atoms with Gasteiger partial charge in [0, 0.05) is 34.7 Å². The average molecular weight is 699 g/mol. The molecular formula is C36H43ClN2O6S2+2. The van der Waals surface area contributed by atoms with Gasteiger partial charge in [-0.25, -0.2) is 4.48 Å². The van der Waals surface area contributed by atoms with Gasteiger partial charge in [0.2, 0.25) is 11.1 Å². The first kappa shape index (κ1) is 34.0. The van der Waals surface area contributed by atoms with Crippen molar-refractivity contribution in [3.05, 3.63) is 106 Å². The van der Waals surface area contributed by atoms with E-state index in [1.165, 1.54) is 0 Å². The maximum Gasteiger partial charge on any atom is 0.320 e. The van der Waals surface area contributed by atoms with E-state index in [1.807, 2.05) is 54.6 Å². The molecular weight excluding hydrogens is 656 g/mol. The van der Waals surface area contributed by atoms with Gasteiger partial charge in [0.05, 0.1) is 29.5 Å². The average Bonchev–Trinajstić information content (AvgIpc) is 3.31. The van der Waals surface area contributed by atoms with Gasteiger partial charge < -0.3 is 0 Å². The van der Waals surface area contributed by atoms with Crippen LogP contribution in [0.2, 0.25) is 0 Å². The number of para-hydroxylation sites is 2. The van der Waals surface area contributed by atoms with Gasteiger partial charge >= 0.3 is 10.1 Å². The summed E-state index contributed by atoms with van der Waals surface area (Å²) in [5.41, 5.74) is 7.28. The number of hydrogen-bond donors (Lipinski definition) is 2. The summed E-state index contributed by atoms with van der Waals surface area (Å²) in [5.74, 6) is -0.309. The molecule has 2 aromatic rings. The summed E-state index contributed by atoms with van der Waals surface area (Å²) in [6.45, 7) is 9.55. The Morgan fingerprint density at radius 3 is 2.26 bits per heavy atom. The van der Waals surface area contributed by atoms with Crippen LogP contribution in [-0.2, 0) is 31.1 Å². The zero-order chi connectivity index (χ0) is 34.0. The first-order chi connectivity index (χ1) is 22.0. The minimum Gasteiger partial charge on any atom is -0.286 e. The molecule has 2 N–H and O–H groups in total. The van der Waals surface area contributed by atoms with Crippen molar-refractivity contribution in [2.45, 2.75) is 76.0 Å². The molecule has 0 amide bonds. The molecule has 1 saturated heterocycles. The summed E-state index contributed by atoms with van der Waals surface area (Å²) in [5, 5.41) is -0.270. The minimum atomic E-state index is -4.29. The van der Waals surface area contributed by atoms with Gasteiger partial charge in [0.1, 0.15) is 17.9 Å². The van der Waals surface area contributed by atoms with Crippen molar-refractivity contribution in [2.75, 3.05) is 18.8 Å². The summed E-state index contributed by atoms with van der Waals surface area (Å²) >= 11 is 7.10. The van der Waals surface area contributed by atoms with Crippen LogP contribution < -0.4 is 4.48 Å². The van der Waals surface area contributed by atoms with Crippen LogP contribution in [0.15, 0.2) is 94.7 Å². The highest BCUT2D eigenvalue weighted by molar-refractivity contribution is 7.86. The van der Waals surface area contributed by atoms with Crippen LogP contribution in [0.1, 0.15) is 70.9 Å². The van der Waals surface area contributed by atoms with E-state index >= 15 is 0 Å². The molecule has 0 bridgehead atoms. The number of hydrogen-bond acceptors (Lipinski definition) is 4. The molecule has 0 saturated carbocycles. The molecule has 3 aliphatic heterocycles. The summed E-state index contributed by atoms with van der Waals surface area (Å²) in [7, 11) is -8.36. The fourth-order valence-corrected chi connectivity index (χ4v) is 10.2. The molecule has 2 aromatic carbocycles. The van der Waals surface area contributed by atoms with Crippen LogP contribution in [0.3, 0.4) is 0 Å². The molecule has 0 radical (unpaired) electrons. The second-order valence-corrected chi connectivity index (χ2v) is 17.6. The molecule has 1 spiro atoms. The van der Waals surface area contributed by atoms with E-state index in [4.69, 9.17) is 11.6 Å². The van der Waals surface area contributed by atoms with Crippen LogP contribution in [0.25, 0.3) is 0 Å². The largest absolute Gasteiger partial charge is 0.320 e. The van der Waals surface area contributed by atoms with E-state index in [2.05, 4.69) is 50.5 Å². The van der Waals surface area contributed by atoms with Gasteiger partial charge in [0.25, 0.3) is 10.1 Å². The number of quaternary nitrogens is 1. The van der Waals surface area contributed by atoms with Crippen LogP contribution in [-0.4, -0.2) is 60.4 Å². The van der Waals surface area contributed by atoms with Crippen molar-refractivity contribution in [3.8, 4) is 0 Å². The fraction of sp³-hybridized carbons (Fsp3) is 0.417. The zero-order valence-electron chi connectivity index (χ0n) is 27.3. The fourth-order valence-electron chi connectivity index (χ4n) is 8.23. The van der Waals surface area contributed by atoms with Crippen molar-refractivity contribution in [1.82, 2.24) is 4.48 Å². The highest BCUT2D eigenvalue weighted by Crippen LogP contribution is 2.58. The smallest absolute Gasteiger partial charge is 0.286 e. The Morgan fingerprint density at radius 1 is 0.915 bits per heavy atom. The van der Waals surface area contributed by atoms with Gasteiger partial charge in [-0.15, -0.1) is 0 Å². The van der Waals surface area contributed by atoms with Crippen LogP contribution in [0, 0.1) is 0 Å². The maximum atomic E-state index is 12.6. The van der Waals surface area contributed by atoms with E-state index in [1.54, 1.807) is 0 Å². The highest BCUT2D eigenvalue weighted by Gasteiger charge is 2.65. The molecule has 8 nitrogen and oxygen atoms in total. The Kier molecular flexibility index (Phi) is 8.63. The summed E-state index contributed by atoms with van der Waals surface area (Å²) in [4.78, 5) is 0. The third-order valence-electron chi connectivity index (χ3n) is 10.6. The number of allylic oxidation sites excluding steroid dienone is 8. The number of halogens is 1. The van der Waals surface area contributed by atoms with Crippen molar-refractivity contribution >= 4 is 48.9 Å². The van der Waals surface area contributed by atoms with E-state index in [-0.39, 0.29) is 22.1 Å². The van der Waals surface area contributed by atoms with Crippen LogP contribution in [0.4, 0.5) is 11.4 Å². The number of fused-ring (bicyclic) bond motifs is 3. The lowest BCUT2D eigenvalue weighted by atomic mass is 9.81. The molecule has 0 aromatic heterocycles. The molecule has 1 aliphatic carbocycles. The summed E-state index contributed by atoms with van der Waals surface area (Å²) < 4.78 is 69.9. The number of rotatable bonds is 8. The standard InChI is InChI=1S/C36H41ClN2O6S2/c1-35(2)27-13-5-7-15-29(27)38(22-10-24-46(40,41)42)31(35)19-17-25-11-9-12-26(34(25)37)18-20-32-36(3,4)28-14-6-8-16-30(28)39(32)23-21-33(39)47(43,44)45/h5-8,13-20,33H,9-12,21-24H2,1-4H3/p+2/b19-17+,26-18+,32-20+. The Labute approximate surface area is 283 Å². The number of benzene rings is 2. The lowest BCUT2D eigenvalue weighted by Crippen LogP contribution is -2.68. The summed E-state index contributed by atoms with van der Waals surface area (Å²) in [6.07, 6.45) is 11.4. The lowest BCUT2D eigenvalue weighted by molar-refractivity contribution is -0.437. The van der Waals surface area contributed by atoms with Crippen LogP contribution in [0.5, 0.6) is 0 Å². The first-order valence-electron chi connectivity index (χ1n) is 16.1. The van der Waals surface area contributed by atoms with Crippen LogP contribution >= 0.6 is 11.6 Å². The molecule has 6 rings (SSSR count). The van der Waals surface area contributed by atoms with Gasteiger partial charge in [-0.2, -0.15) is 21.4 Å². The van der Waals surface area contributed by atoms with Crippen molar-refractivity contribution < 1.29 is 30.5 Å². The van der Waals surface area contributed by atoms with Crippen molar-refractivity contribution in [3.63, 3.8) is 0 Å². The molecule has 47 heavy (non-hydrogen) atoms. The SMILES string of the molecule is CC1(C)C(/C=C/C2=C(Cl)C(=C/C=C3\C(C)(C)c4ccccc4[N+]34CCC4S(=O)(=O)O)/CCC2)=[N+](CCCS(=O)(=O)O)c2ccccc21. The van der Waals surface area contributed by atoms with E-state index < -0.39 is 31.0 Å². The van der Waals surface area contributed by atoms with Gasteiger partial charge in [0.15, 0.2) is 5.71 Å². The third kappa shape index (κ3) is 5.81. The van der Waals surface area contributed by atoms with Gasteiger partial charge in [-0.3, -0.25) is 9.11 Å². The highest BCUT2D eigenvalue weighted by atomic mass is 35.5. The van der Waals surface area contributed by atoms with Crippen molar-refractivity contribution in [1.29, 1.82) is 0 Å². The quantitative estimate of drug-likeness (QED) is 0.170. The minimum absolute atomic E-state index is 0.112. The Bertz CT molecular complexity index is 2020. The van der Waals surface area contributed by atoms with E-state index in [0.717, 1.165) is 64.3 Å². The van der Waals surface area contributed by atoms with Gasteiger partial charge in [-0.05, 0) is 70.2 Å². The topological polar surface area (TPSA) is 112 Å². The molecule has 1 fully saturated rings. The predicted octanol–water partition coefficient (Wildman–Crippen LogP) is 7.30. The summed E-state index contributed by atoms with van der Waals surface area (Å²) in [6, 6.07) is 16.0. The molecule has 4 aliphatic rings. The predicted molar refractivity (Wildman–Crippen MR) is 188 cm³/mol. The van der Waals surface area contributed by atoms with E-state index in [9.17, 15) is 25.9 Å². The molecule has 2 atom stereocenters. The zero-order valence-corrected chi connectivity index (χ0v) is 29.7. The normalized spacial score (nSPS) is 26.8. The third-order valence-corrected chi connectivity index (χ3v) is 13.1. The molecule has 250 valence electrons. The molecule has 3 heterocycles. The van der Waals surface area contributed by atoms with Gasteiger partial charge in [-0.1, -0.05) is 60.2 Å². The first-order valence-corrected chi connectivity index (χ1v) is 19.6. The maximum absolute atomic E-state index is 12.6. The molecule has 2 unspecified atom stereocenters. The Balaban J connectivity index is 1.38. The van der Waals surface area contributed by atoms with Crippen molar-refractivity contribution in [2.24, 2.45) is 0 Å². The Hall–Kier alpha value is -2.86. The Morgan fingerprint density at radius 2 is 1.60 bits per heavy atom.